The van der Waals surface area contributed by atoms with Gasteiger partial charge in [-0.15, -0.1) is 0 Å². The van der Waals surface area contributed by atoms with Crippen LogP contribution in [0.25, 0.3) is 0 Å². The van der Waals surface area contributed by atoms with Crippen molar-refractivity contribution in [3.8, 4) is 0 Å². The molecule has 82 valence electrons. The third-order valence-electron chi connectivity index (χ3n) is 1.78. The summed E-state index contributed by atoms with van der Waals surface area (Å²) < 4.78 is 1.44. The Kier molecular flexibility index (Phi) is 3.67. The van der Waals surface area contributed by atoms with E-state index in [1.807, 2.05) is 0 Å². The van der Waals surface area contributed by atoms with Gasteiger partial charge >= 0.3 is 5.82 Å². The number of carbonyl (C=O) groups excluding carboxylic acids is 1. The molecule has 1 heterocycles. The number of thioether (sulfide) groups is 1. The molecule has 0 radical (unpaired) electrons. The quantitative estimate of drug-likeness (QED) is 0.611. The van der Waals surface area contributed by atoms with Crippen molar-refractivity contribution in [3.05, 3.63) is 22.1 Å². The lowest BCUT2D eigenvalue weighted by Gasteiger charge is -2.00. The first-order valence-corrected chi connectivity index (χ1v) is 5.09. The van der Waals surface area contributed by atoms with Gasteiger partial charge in [0.1, 0.15) is 12.7 Å². The van der Waals surface area contributed by atoms with Crippen molar-refractivity contribution in [2.75, 3.05) is 5.75 Å². The Morgan fingerprint density at radius 2 is 2.47 bits per heavy atom. The van der Waals surface area contributed by atoms with Crippen LogP contribution in [-0.2, 0) is 6.54 Å². The minimum Gasteiger partial charge on any atom is -0.361 e. The lowest BCUT2D eigenvalue weighted by molar-refractivity contribution is -0.392. The van der Waals surface area contributed by atoms with Crippen molar-refractivity contribution < 1.29 is 9.72 Å². The van der Waals surface area contributed by atoms with Crippen LogP contribution in [-0.4, -0.2) is 25.5 Å². The first-order chi connectivity index (χ1) is 7.02. The van der Waals surface area contributed by atoms with Gasteiger partial charge in [-0.25, -0.2) is 9.55 Å². The number of aryl methyl sites for hydroxylation is 1. The highest BCUT2D eigenvalue weighted by molar-refractivity contribution is 8.13. The van der Waals surface area contributed by atoms with E-state index < -0.39 is 10.2 Å². The van der Waals surface area contributed by atoms with Crippen molar-refractivity contribution in [2.24, 2.45) is 5.73 Å². The first-order valence-electron chi connectivity index (χ1n) is 4.11. The predicted molar refractivity (Wildman–Crippen MR) is 55.7 cm³/mol. The van der Waals surface area contributed by atoms with Gasteiger partial charge in [0.15, 0.2) is 5.82 Å². The zero-order valence-electron chi connectivity index (χ0n) is 8.04. The molecular weight excluding hydrogens is 220 g/mol. The van der Waals surface area contributed by atoms with E-state index in [4.69, 9.17) is 5.73 Å². The maximum absolute atomic E-state index is 10.6. The molecule has 0 aliphatic heterocycles. The molecule has 0 aliphatic rings. The Bertz CT molecular complexity index is 390. The normalized spacial score (nSPS) is 10.2. The second kappa shape index (κ2) is 4.78. The standard InChI is InChI=1S/C7H10N4O3S/c1-5-9-4-6(11(13)14)10(5)2-3-15-7(8)12/h4H,2-3H2,1H3,(H2,8,12). The Labute approximate surface area is 89.8 Å². The molecule has 0 aliphatic carbocycles. The maximum Gasteiger partial charge on any atom is 0.342 e. The number of imidazole rings is 1. The molecule has 1 aromatic rings. The van der Waals surface area contributed by atoms with Gasteiger partial charge in [0.2, 0.25) is 0 Å². The molecule has 1 amide bonds. The van der Waals surface area contributed by atoms with Crippen molar-refractivity contribution in [3.63, 3.8) is 0 Å². The van der Waals surface area contributed by atoms with Crippen LogP contribution < -0.4 is 5.73 Å². The maximum atomic E-state index is 10.6. The van der Waals surface area contributed by atoms with Gasteiger partial charge in [0.05, 0.1) is 0 Å². The summed E-state index contributed by atoms with van der Waals surface area (Å²) >= 11 is 0.926. The van der Waals surface area contributed by atoms with Crippen molar-refractivity contribution >= 4 is 22.8 Å². The van der Waals surface area contributed by atoms with Gasteiger partial charge in [-0.2, -0.15) is 0 Å². The third-order valence-corrected chi connectivity index (χ3v) is 2.45. The summed E-state index contributed by atoms with van der Waals surface area (Å²) in [6, 6.07) is 0. The smallest absolute Gasteiger partial charge is 0.342 e. The second-order valence-electron chi connectivity index (χ2n) is 2.74. The predicted octanol–water partition coefficient (Wildman–Crippen LogP) is 0.912. The lowest BCUT2D eigenvalue weighted by Crippen LogP contribution is -2.10. The second-order valence-corrected chi connectivity index (χ2v) is 3.84. The Morgan fingerprint density at radius 1 is 1.80 bits per heavy atom. The SMILES string of the molecule is Cc1ncc([N+](=O)[O-])n1CCSC(N)=O. The average Bonchev–Trinajstić information content (AvgIpc) is 2.47. The molecule has 1 rings (SSSR count). The molecule has 0 saturated carbocycles. The number of nitrogens with zero attached hydrogens (tertiary/aromatic N) is 3. The number of rotatable bonds is 4. The minimum absolute atomic E-state index is 0.0717. The fourth-order valence-electron chi connectivity index (χ4n) is 1.12. The molecule has 7 nitrogen and oxygen atoms in total. The zero-order chi connectivity index (χ0) is 11.4. The molecule has 0 aromatic carbocycles. The largest absolute Gasteiger partial charge is 0.361 e. The molecule has 0 bridgehead atoms. The van der Waals surface area contributed by atoms with Crippen LogP contribution in [0.4, 0.5) is 10.6 Å². The van der Waals surface area contributed by atoms with E-state index in [2.05, 4.69) is 4.98 Å². The van der Waals surface area contributed by atoms with Crippen molar-refractivity contribution in [1.29, 1.82) is 0 Å². The van der Waals surface area contributed by atoms with Crippen LogP contribution in [0, 0.1) is 17.0 Å². The summed E-state index contributed by atoms with van der Waals surface area (Å²) in [7, 11) is 0. The molecule has 1 aromatic heterocycles. The molecule has 15 heavy (non-hydrogen) atoms. The summed E-state index contributed by atoms with van der Waals surface area (Å²) in [6.45, 7) is 2.01. The molecule has 0 unspecified atom stereocenters. The number of nitrogens with two attached hydrogens (primary N) is 1. The van der Waals surface area contributed by atoms with E-state index in [0.717, 1.165) is 11.8 Å². The minimum atomic E-state index is -0.505. The highest BCUT2D eigenvalue weighted by Crippen LogP contribution is 2.14. The summed E-state index contributed by atoms with van der Waals surface area (Å²) in [6.07, 6.45) is 1.20. The van der Waals surface area contributed by atoms with E-state index >= 15 is 0 Å². The molecule has 0 saturated heterocycles. The van der Waals surface area contributed by atoms with E-state index in [0.29, 0.717) is 18.1 Å². The Balaban J connectivity index is 2.70. The van der Waals surface area contributed by atoms with Crippen molar-refractivity contribution in [1.82, 2.24) is 9.55 Å². The van der Waals surface area contributed by atoms with Crippen molar-refractivity contribution in [2.45, 2.75) is 13.5 Å². The molecular formula is C7H10N4O3S. The fourth-order valence-corrected chi connectivity index (χ4v) is 1.59. The zero-order valence-corrected chi connectivity index (χ0v) is 8.86. The van der Waals surface area contributed by atoms with E-state index in [1.165, 1.54) is 10.8 Å². The Morgan fingerprint density at radius 3 is 3.00 bits per heavy atom. The number of nitro groups is 1. The number of amides is 1. The van der Waals surface area contributed by atoms with Gasteiger partial charge in [-0.1, -0.05) is 11.8 Å². The molecule has 2 N–H and O–H groups in total. The third kappa shape index (κ3) is 2.94. The van der Waals surface area contributed by atoms with Crippen LogP contribution in [0.1, 0.15) is 5.82 Å². The van der Waals surface area contributed by atoms with E-state index in [1.54, 1.807) is 6.92 Å². The van der Waals surface area contributed by atoms with Gasteiger partial charge < -0.3 is 15.8 Å². The number of primary amides is 1. The van der Waals surface area contributed by atoms with Gasteiger partial charge in [0.25, 0.3) is 5.24 Å². The average molecular weight is 230 g/mol. The van der Waals surface area contributed by atoms with Gasteiger partial charge in [-0.3, -0.25) is 4.79 Å². The summed E-state index contributed by atoms with van der Waals surface area (Å²) in [5, 5.41) is 10.1. The number of hydrogen-bond acceptors (Lipinski definition) is 5. The molecule has 0 spiro atoms. The number of hydrogen-bond donors (Lipinski definition) is 1. The first kappa shape index (κ1) is 11.5. The highest BCUT2D eigenvalue weighted by atomic mass is 32.2. The fraction of sp³-hybridized carbons (Fsp3) is 0.429. The topological polar surface area (TPSA) is 104 Å². The molecule has 8 heteroatoms. The van der Waals surface area contributed by atoms with E-state index in [9.17, 15) is 14.9 Å². The van der Waals surface area contributed by atoms with Crippen LogP contribution in [0.5, 0.6) is 0 Å². The van der Waals surface area contributed by atoms with E-state index in [-0.39, 0.29) is 5.82 Å². The van der Waals surface area contributed by atoms with Crippen LogP contribution in [0.3, 0.4) is 0 Å². The summed E-state index contributed by atoms with van der Waals surface area (Å²) in [5.74, 6) is 0.872. The molecule has 0 fully saturated rings. The number of carbonyl (C=O) groups is 1. The Hall–Kier alpha value is -1.57. The highest BCUT2D eigenvalue weighted by Gasteiger charge is 2.16. The van der Waals surface area contributed by atoms with Crippen LogP contribution in [0.15, 0.2) is 6.20 Å². The van der Waals surface area contributed by atoms with Gasteiger partial charge in [0, 0.05) is 12.7 Å². The monoisotopic (exact) mass is 230 g/mol. The summed E-state index contributed by atoms with van der Waals surface area (Å²) in [4.78, 5) is 24.4. The summed E-state index contributed by atoms with van der Waals surface area (Å²) in [5.41, 5.74) is 4.93. The van der Waals surface area contributed by atoms with Crippen LogP contribution >= 0.6 is 11.8 Å². The number of aromatic nitrogens is 2. The molecule has 0 atom stereocenters. The van der Waals surface area contributed by atoms with Crippen LogP contribution in [0.2, 0.25) is 0 Å². The lowest BCUT2D eigenvalue weighted by atomic mass is 10.6. The van der Waals surface area contributed by atoms with Gasteiger partial charge in [-0.05, 0) is 4.92 Å².